The lowest BCUT2D eigenvalue weighted by molar-refractivity contribution is -0.107. The number of hydrogen-bond acceptors (Lipinski definition) is 3. The summed E-state index contributed by atoms with van der Waals surface area (Å²) in [5, 5.41) is 8.32. The molecule has 0 spiro atoms. The highest BCUT2D eigenvalue weighted by molar-refractivity contribution is 5.55. The van der Waals surface area contributed by atoms with Gasteiger partial charge in [0.15, 0.2) is 5.65 Å². The first kappa shape index (κ1) is 8.59. The van der Waals surface area contributed by atoms with Crippen molar-refractivity contribution in [2.75, 3.05) is 0 Å². The molecule has 0 saturated heterocycles. The first-order chi connectivity index (χ1) is 7.40. The van der Waals surface area contributed by atoms with Gasteiger partial charge in [-0.2, -0.15) is 0 Å². The molecule has 0 unspecified atom stereocenters. The smallest absolute Gasteiger partial charge is 0.161 e. The molecular weight excluding hydrogens is 190 g/mol. The van der Waals surface area contributed by atoms with E-state index in [0.29, 0.717) is 12.3 Å². The first-order valence-electron chi connectivity index (χ1n) is 5.16. The topological polar surface area (TPSA) is 47.3 Å². The molecule has 1 aliphatic rings. The van der Waals surface area contributed by atoms with Crippen LogP contribution in [0.4, 0.5) is 0 Å². The van der Waals surface area contributed by atoms with Crippen LogP contribution in [0.2, 0.25) is 0 Å². The Bertz CT molecular complexity index is 514. The fourth-order valence-corrected chi connectivity index (χ4v) is 1.88. The van der Waals surface area contributed by atoms with Crippen molar-refractivity contribution in [3.05, 3.63) is 29.7 Å². The summed E-state index contributed by atoms with van der Waals surface area (Å²) in [6.45, 7) is 0. The van der Waals surface area contributed by atoms with Crippen molar-refractivity contribution in [2.45, 2.75) is 25.2 Å². The number of rotatable bonds is 3. The van der Waals surface area contributed by atoms with Gasteiger partial charge in [-0.3, -0.25) is 4.40 Å². The molecule has 0 amide bonds. The molecule has 4 nitrogen and oxygen atoms in total. The van der Waals surface area contributed by atoms with Crippen molar-refractivity contribution in [1.29, 1.82) is 0 Å². The number of pyridine rings is 1. The van der Waals surface area contributed by atoms with Gasteiger partial charge in [-0.25, -0.2) is 0 Å². The van der Waals surface area contributed by atoms with Gasteiger partial charge in [-0.15, -0.1) is 10.2 Å². The monoisotopic (exact) mass is 201 g/mol. The van der Waals surface area contributed by atoms with Gasteiger partial charge in [0.2, 0.25) is 0 Å². The molecule has 3 rings (SSSR count). The molecule has 2 aromatic rings. The Morgan fingerprint density at radius 1 is 1.40 bits per heavy atom. The molecule has 0 atom stereocenters. The molecule has 0 N–H and O–H groups in total. The number of fused-ring (bicyclic) bond motifs is 1. The normalized spacial score (nSPS) is 15.7. The number of aromatic nitrogens is 3. The molecule has 2 heterocycles. The Labute approximate surface area is 86.9 Å². The lowest BCUT2D eigenvalue weighted by Gasteiger charge is -2.03. The van der Waals surface area contributed by atoms with E-state index in [0.717, 1.165) is 23.5 Å². The zero-order chi connectivity index (χ0) is 10.3. The maximum atomic E-state index is 10.6. The average molecular weight is 201 g/mol. The van der Waals surface area contributed by atoms with Crippen molar-refractivity contribution in [2.24, 2.45) is 0 Å². The van der Waals surface area contributed by atoms with Crippen molar-refractivity contribution in [1.82, 2.24) is 14.6 Å². The third kappa shape index (κ3) is 1.33. The van der Waals surface area contributed by atoms with E-state index in [1.165, 1.54) is 12.8 Å². The fourth-order valence-electron chi connectivity index (χ4n) is 1.88. The summed E-state index contributed by atoms with van der Waals surface area (Å²) in [6, 6.07) is 5.79. The van der Waals surface area contributed by atoms with Gasteiger partial charge in [0.25, 0.3) is 0 Å². The van der Waals surface area contributed by atoms with Crippen LogP contribution in [0.25, 0.3) is 5.65 Å². The zero-order valence-corrected chi connectivity index (χ0v) is 8.26. The Hall–Kier alpha value is -1.71. The van der Waals surface area contributed by atoms with E-state index in [1.54, 1.807) is 0 Å². The van der Waals surface area contributed by atoms with E-state index in [-0.39, 0.29) is 0 Å². The van der Waals surface area contributed by atoms with Crippen LogP contribution >= 0.6 is 0 Å². The van der Waals surface area contributed by atoms with E-state index >= 15 is 0 Å². The van der Waals surface area contributed by atoms with Gasteiger partial charge in [0.05, 0.1) is 0 Å². The molecule has 0 bridgehead atoms. The van der Waals surface area contributed by atoms with Gasteiger partial charge in [-0.1, -0.05) is 6.07 Å². The van der Waals surface area contributed by atoms with Gasteiger partial charge >= 0.3 is 0 Å². The van der Waals surface area contributed by atoms with E-state index in [1.807, 2.05) is 22.6 Å². The lowest BCUT2D eigenvalue weighted by atomic mass is 10.2. The third-order valence-electron chi connectivity index (χ3n) is 2.77. The molecule has 0 radical (unpaired) electrons. The maximum Gasteiger partial charge on any atom is 0.161 e. The molecule has 1 saturated carbocycles. The van der Waals surface area contributed by atoms with E-state index < -0.39 is 0 Å². The van der Waals surface area contributed by atoms with Crippen LogP contribution in [0.1, 0.15) is 30.3 Å². The summed E-state index contributed by atoms with van der Waals surface area (Å²) >= 11 is 0. The summed E-state index contributed by atoms with van der Waals surface area (Å²) in [7, 11) is 0. The SMILES string of the molecule is O=CCc1cccc2nnc(C3CC3)n12. The molecule has 4 heteroatoms. The molecule has 1 aliphatic carbocycles. The van der Waals surface area contributed by atoms with Crippen molar-refractivity contribution in [3.63, 3.8) is 0 Å². The highest BCUT2D eigenvalue weighted by Crippen LogP contribution is 2.39. The quantitative estimate of drug-likeness (QED) is 0.704. The minimum Gasteiger partial charge on any atom is -0.303 e. The number of carbonyl (C=O) groups excluding carboxylic acids is 1. The standard InChI is InChI=1S/C11H11N3O/c15-7-6-9-2-1-3-10-12-13-11(14(9)10)8-4-5-8/h1-3,7-8H,4-6H2. The summed E-state index contributed by atoms with van der Waals surface area (Å²) in [5.74, 6) is 1.57. The summed E-state index contributed by atoms with van der Waals surface area (Å²) < 4.78 is 2.02. The Morgan fingerprint density at radius 3 is 3.00 bits per heavy atom. The average Bonchev–Trinajstić information content (AvgIpc) is 3.00. The molecule has 1 fully saturated rings. The Balaban J connectivity index is 2.23. The van der Waals surface area contributed by atoms with Crippen LogP contribution in [-0.4, -0.2) is 20.9 Å². The first-order valence-corrected chi connectivity index (χ1v) is 5.16. The van der Waals surface area contributed by atoms with Crippen LogP contribution in [0.15, 0.2) is 18.2 Å². The van der Waals surface area contributed by atoms with Crippen LogP contribution in [0.5, 0.6) is 0 Å². The fraction of sp³-hybridized carbons (Fsp3) is 0.364. The second-order valence-corrected chi connectivity index (χ2v) is 3.91. The van der Waals surface area contributed by atoms with E-state index in [4.69, 9.17) is 0 Å². The molecule has 2 aromatic heterocycles. The Morgan fingerprint density at radius 2 is 2.27 bits per heavy atom. The van der Waals surface area contributed by atoms with Gasteiger partial charge in [-0.05, 0) is 25.0 Å². The Kier molecular flexibility index (Phi) is 1.80. The minimum absolute atomic E-state index is 0.426. The minimum atomic E-state index is 0.426. The summed E-state index contributed by atoms with van der Waals surface area (Å²) in [6.07, 6.45) is 3.73. The summed E-state index contributed by atoms with van der Waals surface area (Å²) in [4.78, 5) is 10.6. The van der Waals surface area contributed by atoms with Crippen LogP contribution in [0.3, 0.4) is 0 Å². The molecule has 76 valence electrons. The van der Waals surface area contributed by atoms with Crippen LogP contribution in [-0.2, 0) is 11.2 Å². The van der Waals surface area contributed by atoms with Gasteiger partial charge in [0.1, 0.15) is 12.1 Å². The number of aldehydes is 1. The summed E-state index contributed by atoms with van der Waals surface area (Å²) in [5.41, 5.74) is 1.82. The van der Waals surface area contributed by atoms with Crippen molar-refractivity contribution >= 4 is 11.9 Å². The van der Waals surface area contributed by atoms with E-state index in [2.05, 4.69) is 10.2 Å². The van der Waals surface area contributed by atoms with Crippen molar-refractivity contribution in [3.8, 4) is 0 Å². The largest absolute Gasteiger partial charge is 0.303 e. The second-order valence-electron chi connectivity index (χ2n) is 3.91. The predicted octanol–water partition coefficient (Wildman–Crippen LogP) is 1.35. The van der Waals surface area contributed by atoms with Crippen LogP contribution < -0.4 is 0 Å². The highest BCUT2D eigenvalue weighted by atomic mass is 16.1. The zero-order valence-electron chi connectivity index (χ0n) is 8.26. The molecular formula is C11H11N3O. The third-order valence-corrected chi connectivity index (χ3v) is 2.77. The second kappa shape index (κ2) is 3.15. The van der Waals surface area contributed by atoms with E-state index in [9.17, 15) is 4.79 Å². The molecule has 0 aromatic carbocycles. The lowest BCUT2D eigenvalue weighted by Crippen LogP contribution is -2.01. The molecule has 0 aliphatic heterocycles. The van der Waals surface area contributed by atoms with Crippen molar-refractivity contribution < 1.29 is 4.79 Å². The van der Waals surface area contributed by atoms with Gasteiger partial charge < -0.3 is 4.79 Å². The predicted molar refractivity (Wildman–Crippen MR) is 54.7 cm³/mol. The number of nitrogens with zero attached hydrogens (tertiary/aromatic N) is 3. The number of carbonyl (C=O) groups is 1. The maximum absolute atomic E-state index is 10.6. The van der Waals surface area contributed by atoms with Gasteiger partial charge in [0, 0.05) is 18.0 Å². The number of hydrogen-bond donors (Lipinski definition) is 0. The molecule has 15 heavy (non-hydrogen) atoms. The van der Waals surface area contributed by atoms with Crippen LogP contribution in [0, 0.1) is 0 Å². The highest BCUT2D eigenvalue weighted by Gasteiger charge is 2.29.